The maximum absolute atomic E-state index is 11.7. The minimum atomic E-state index is -2.67. The monoisotopic (exact) mass is 176 g/mol. The van der Waals surface area contributed by atoms with E-state index in [9.17, 15) is 8.78 Å². The second-order valence-corrected chi connectivity index (χ2v) is 3.92. The first-order valence-electron chi connectivity index (χ1n) is 4.13. The molecule has 0 bridgehead atoms. The summed E-state index contributed by atoms with van der Waals surface area (Å²) >= 11 is 0. The Labute approximate surface area is 71.4 Å². The fourth-order valence-electron chi connectivity index (χ4n) is 1.28. The van der Waals surface area contributed by atoms with Crippen molar-refractivity contribution in [1.29, 1.82) is 0 Å². The molecular formula is C9H14F2O. The normalized spacial score (nSPS) is 22.2. The Kier molecular flexibility index (Phi) is 2.70. The molecule has 1 rings (SSSR count). The molecule has 0 aromatic carbocycles. The van der Waals surface area contributed by atoms with Crippen LogP contribution in [-0.2, 0) is 4.74 Å². The van der Waals surface area contributed by atoms with Crippen molar-refractivity contribution in [1.82, 2.24) is 0 Å². The summed E-state index contributed by atoms with van der Waals surface area (Å²) in [6, 6.07) is 0. The molecule has 0 amide bonds. The van der Waals surface area contributed by atoms with Crippen LogP contribution in [0.25, 0.3) is 0 Å². The van der Waals surface area contributed by atoms with Gasteiger partial charge >= 0.3 is 6.61 Å². The average Bonchev–Trinajstić information content (AvgIpc) is 1.93. The highest BCUT2D eigenvalue weighted by Gasteiger charge is 2.23. The van der Waals surface area contributed by atoms with E-state index >= 15 is 0 Å². The Morgan fingerprint density at radius 1 is 1.50 bits per heavy atom. The van der Waals surface area contributed by atoms with Gasteiger partial charge in [-0.3, -0.25) is 0 Å². The zero-order valence-corrected chi connectivity index (χ0v) is 7.44. The number of rotatable bonds is 2. The molecule has 70 valence electrons. The molecule has 3 heteroatoms. The first-order chi connectivity index (χ1) is 5.49. The van der Waals surface area contributed by atoms with Crippen molar-refractivity contribution in [2.75, 3.05) is 0 Å². The highest BCUT2D eigenvalue weighted by atomic mass is 19.3. The van der Waals surface area contributed by atoms with E-state index in [0.717, 1.165) is 12.8 Å². The van der Waals surface area contributed by atoms with E-state index in [4.69, 9.17) is 0 Å². The van der Waals surface area contributed by atoms with Gasteiger partial charge in [0.15, 0.2) is 0 Å². The molecule has 0 unspecified atom stereocenters. The van der Waals surface area contributed by atoms with Gasteiger partial charge in [0.05, 0.1) is 5.76 Å². The van der Waals surface area contributed by atoms with E-state index in [-0.39, 0.29) is 5.41 Å². The number of allylic oxidation sites excluding steroid dienone is 2. The lowest BCUT2D eigenvalue weighted by atomic mass is 9.80. The zero-order valence-electron chi connectivity index (χ0n) is 7.44. The lowest BCUT2D eigenvalue weighted by Crippen LogP contribution is -2.16. The van der Waals surface area contributed by atoms with Gasteiger partial charge in [-0.2, -0.15) is 8.78 Å². The second kappa shape index (κ2) is 3.42. The van der Waals surface area contributed by atoms with Gasteiger partial charge in [0, 0.05) is 6.42 Å². The van der Waals surface area contributed by atoms with Gasteiger partial charge in [0.1, 0.15) is 0 Å². The summed E-state index contributed by atoms with van der Waals surface area (Å²) < 4.78 is 27.8. The maximum Gasteiger partial charge on any atom is 0.387 e. The molecule has 0 N–H and O–H groups in total. The topological polar surface area (TPSA) is 9.23 Å². The highest BCUT2D eigenvalue weighted by Crippen LogP contribution is 2.34. The van der Waals surface area contributed by atoms with E-state index < -0.39 is 6.61 Å². The number of ether oxygens (including phenoxy) is 1. The van der Waals surface area contributed by atoms with Crippen molar-refractivity contribution in [2.45, 2.75) is 39.7 Å². The van der Waals surface area contributed by atoms with Crippen LogP contribution in [0.1, 0.15) is 33.1 Å². The Balaban J connectivity index is 2.45. The molecule has 0 aromatic rings. The third-order valence-electron chi connectivity index (χ3n) is 2.17. The minimum Gasteiger partial charge on any atom is -0.440 e. The van der Waals surface area contributed by atoms with Crippen molar-refractivity contribution < 1.29 is 13.5 Å². The average molecular weight is 176 g/mol. The first-order valence-corrected chi connectivity index (χ1v) is 4.13. The quantitative estimate of drug-likeness (QED) is 0.627. The van der Waals surface area contributed by atoms with Gasteiger partial charge in [-0.15, -0.1) is 0 Å². The predicted molar refractivity (Wildman–Crippen MR) is 42.8 cm³/mol. The molecule has 12 heavy (non-hydrogen) atoms. The summed E-state index contributed by atoms with van der Waals surface area (Å²) in [5, 5.41) is 0. The van der Waals surface area contributed by atoms with Crippen LogP contribution in [0.5, 0.6) is 0 Å². The summed E-state index contributed by atoms with van der Waals surface area (Å²) in [6.07, 6.45) is 4.16. The number of hydrogen-bond donors (Lipinski definition) is 0. The Hall–Kier alpha value is -0.600. The molecule has 1 aliphatic carbocycles. The molecule has 0 saturated heterocycles. The van der Waals surface area contributed by atoms with Crippen molar-refractivity contribution in [3.05, 3.63) is 11.8 Å². The smallest absolute Gasteiger partial charge is 0.387 e. The standard InChI is InChI=1S/C9H14F2O/c1-9(2)5-3-7(4-6-9)12-8(10)11/h3,8H,4-6H2,1-2H3. The SMILES string of the molecule is CC1(C)CC=C(OC(F)F)CC1. The van der Waals surface area contributed by atoms with E-state index in [0.29, 0.717) is 12.2 Å². The van der Waals surface area contributed by atoms with Crippen LogP contribution in [-0.4, -0.2) is 6.61 Å². The van der Waals surface area contributed by atoms with E-state index in [2.05, 4.69) is 18.6 Å². The van der Waals surface area contributed by atoms with Crippen molar-refractivity contribution in [3.63, 3.8) is 0 Å². The van der Waals surface area contributed by atoms with Gasteiger partial charge in [-0.25, -0.2) is 0 Å². The number of halogens is 2. The second-order valence-electron chi connectivity index (χ2n) is 3.92. The molecule has 0 fully saturated rings. The lowest BCUT2D eigenvalue weighted by Gasteiger charge is -2.28. The fraction of sp³-hybridized carbons (Fsp3) is 0.778. The molecule has 0 spiro atoms. The van der Waals surface area contributed by atoms with E-state index in [1.165, 1.54) is 0 Å². The molecule has 1 nitrogen and oxygen atoms in total. The first kappa shape index (κ1) is 9.49. The third kappa shape index (κ3) is 2.80. The van der Waals surface area contributed by atoms with Crippen molar-refractivity contribution in [3.8, 4) is 0 Å². The van der Waals surface area contributed by atoms with Crippen LogP contribution in [0.3, 0.4) is 0 Å². The van der Waals surface area contributed by atoms with Gasteiger partial charge < -0.3 is 4.74 Å². The van der Waals surface area contributed by atoms with E-state index in [1.807, 2.05) is 0 Å². The van der Waals surface area contributed by atoms with Gasteiger partial charge in [-0.05, 0) is 24.3 Å². The molecule has 1 aliphatic rings. The van der Waals surface area contributed by atoms with Crippen molar-refractivity contribution >= 4 is 0 Å². The molecule has 0 saturated carbocycles. The summed E-state index contributed by atoms with van der Waals surface area (Å²) in [4.78, 5) is 0. The summed E-state index contributed by atoms with van der Waals surface area (Å²) in [5.74, 6) is 0.448. The largest absolute Gasteiger partial charge is 0.440 e. The van der Waals surface area contributed by atoms with Crippen LogP contribution in [0.15, 0.2) is 11.8 Å². The molecule has 0 aliphatic heterocycles. The summed E-state index contributed by atoms with van der Waals surface area (Å²) in [5.41, 5.74) is 0.245. The van der Waals surface area contributed by atoms with E-state index in [1.54, 1.807) is 6.08 Å². The molecule has 0 atom stereocenters. The van der Waals surface area contributed by atoms with Crippen molar-refractivity contribution in [2.24, 2.45) is 5.41 Å². The number of hydrogen-bond acceptors (Lipinski definition) is 1. The van der Waals surface area contributed by atoms with Gasteiger partial charge in [0.25, 0.3) is 0 Å². The van der Waals surface area contributed by atoms with Crippen LogP contribution in [0.4, 0.5) is 8.78 Å². The molecule has 0 heterocycles. The maximum atomic E-state index is 11.7. The highest BCUT2D eigenvalue weighted by molar-refractivity contribution is 5.01. The Morgan fingerprint density at radius 3 is 2.58 bits per heavy atom. The minimum absolute atomic E-state index is 0.245. The van der Waals surface area contributed by atoms with Gasteiger partial charge in [0.2, 0.25) is 0 Å². The van der Waals surface area contributed by atoms with Crippen LogP contribution in [0.2, 0.25) is 0 Å². The zero-order chi connectivity index (χ0) is 9.19. The van der Waals surface area contributed by atoms with Gasteiger partial charge in [-0.1, -0.05) is 13.8 Å². The predicted octanol–water partition coefficient (Wildman–Crippen LogP) is 3.32. The van der Waals surface area contributed by atoms with Crippen LogP contribution >= 0.6 is 0 Å². The lowest BCUT2D eigenvalue weighted by molar-refractivity contribution is -0.101. The Morgan fingerprint density at radius 2 is 2.17 bits per heavy atom. The number of alkyl halides is 2. The summed E-state index contributed by atoms with van der Waals surface area (Å²) in [7, 11) is 0. The molecular weight excluding hydrogens is 162 g/mol. The molecule has 0 aromatic heterocycles. The summed E-state index contributed by atoms with van der Waals surface area (Å²) in [6.45, 7) is 1.59. The van der Waals surface area contributed by atoms with Crippen LogP contribution < -0.4 is 0 Å². The molecule has 0 radical (unpaired) electrons. The third-order valence-corrected chi connectivity index (χ3v) is 2.17. The Bertz CT molecular complexity index is 185. The van der Waals surface area contributed by atoms with Crippen LogP contribution in [0, 0.1) is 5.41 Å². The fourth-order valence-corrected chi connectivity index (χ4v) is 1.28.